The fraction of sp³-hybridized carbons (Fsp3) is 0.333. The molecule has 0 unspecified atom stereocenters. The second-order valence-corrected chi connectivity index (χ2v) is 4.35. The summed E-state index contributed by atoms with van der Waals surface area (Å²) in [7, 11) is 0. The lowest BCUT2D eigenvalue weighted by Crippen LogP contribution is -2.29. The highest BCUT2D eigenvalue weighted by Gasteiger charge is 2.07. The van der Waals surface area contributed by atoms with Crippen molar-refractivity contribution >= 4 is 18.0 Å². The number of carbonyl (C=O) groups excluding carboxylic acids is 1. The first-order valence-corrected chi connectivity index (χ1v) is 6.63. The van der Waals surface area contributed by atoms with Gasteiger partial charge in [-0.15, -0.1) is 0 Å². The average molecular weight is 295 g/mol. The number of amides is 1. The molecule has 0 aliphatic rings. The van der Waals surface area contributed by atoms with Gasteiger partial charge in [-0.2, -0.15) is 0 Å². The molecule has 1 rings (SSSR count). The van der Waals surface area contributed by atoms with E-state index in [9.17, 15) is 14.0 Å². The molecule has 0 bridgehead atoms. The maximum atomic E-state index is 13.7. The van der Waals surface area contributed by atoms with Gasteiger partial charge < -0.3 is 15.2 Å². The van der Waals surface area contributed by atoms with Crippen molar-refractivity contribution in [1.82, 2.24) is 5.32 Å². The van der Waals surface area contributed by atoms with Gasteiger partial charge in [0.15, 0.2) is 18.2 Å². The molecular formula is C15H18FNO4. The Bertz CT molecular complexity index is 528. The van der Waals surface area contributed by atoms with Crippen molar-refractivity contribution in [2.75, 3.05) is 13.2 Å². The molecule has 0 saturated carbocycles. The van der Waals surface area contributed by atoms with E-state index in [0.717, 1.165) is 25.0 Å². The number of unbranched alkanes of at least 4 members (excludes halogenated alkanes) is 1. The Morgan fingerprint density at radius 3 is 2.81 bits per heavy atom. The molecule has 0 spiro atoms. The summed E-state index contributed by atoms with van der Waals surface area (Å²) < 4.78 is 18.8. The Kier molecular flexibility index (Phi) is 6.94. The second kappa shape index (κ2) is 8.73. The number of rotatable bonds is 8. The third kappa shape index (κ3) is 6.56. The maximum Gasteiger partial charge on any atom is 0.328 e. The molecular weight excluding hydrogens is 277 g/mol. The molecule has 21 heavy (non-hydrogen) atoms. The molecule has 5 nitrogen and oxygen atoms in total. The van der Waals surface area contributed by atoms with E-state index in [1.807, 2.05) is 6.92 Å². The molecule has 1 amide bonds. The lowest BCUT2D eigenvalue weighted by molar-refractivity contribution is -0.131. The minimum absolute atomic E-state index is 0.0480. The second-order valence-electron chi connectivity index (χ2n) is 4.35. The van der Waals surface area contributed by atoms with Crippen molar-refractivity contribution in [2.24, 2.45) is 0 Å². The minimum atomic E-state index is -1.11. The van der Waals surface area contributed by atoms with Gasteiger partial charge in [0, 0.05) is 12.6 Å². The van der Waals surface area contributed by atoms with E-state index < -0.39 is 11.8 Å². The van der Waals surface area contributed by atoms with Crippen LogP contribution in [0.4, 0.5) is 4.39 Å². The maximum absolute atomic E-state index is 13.7. The predicted molar refractivity (Wildman–Crippen MR) is 76.5 cm³/mol. The van der Waals surface area contributed by atoms with Crippen LogP contribution in [-0.4, -0.2) is 30.1 Å². The number of nitrogens with one attached hydrogen (secondary N) is 1. The molecule has 1 aromatic rings. The lowest BCUT2D eigenvalue weighted by Gasteiger charge is -2.08. The molecule has 0 aliphatic heterocycles. The highest BCUT2D eigenvalue weighted by atomic mass is 19.1. The zero-order chi connectivity index (χ0) is 15.7. The van der Waals surface area contributed by atoms with Crippen molar-refractivity contribution in [2.45, 2.75) is 19.8 Å². The number of benzene rings is 1. The average Bonchev–Trinajstić information content (AvgIpc) is 2.44. The predicted octanol–water partition coefficient (Wildman–Crippen LogP) is 2.22. The Labute approximate surface area is 122 Å². The van der Waals surface area contributed by atoms with Gasteiger partial charge in [-0.05, 0) is 30.2 Å². The standard InChI is InChI=1S/C15H18FNO4/c1-2-3-8-17-14(18)10-21-13-6-4-11(9-12(13)16)5-7-15(19)20/h4-7,9H,2-3,8,10H2,1H3,(H,17,18)(H,19,20)/b7-5+. The Morgan fingerprint density at radius 1 is 1.43 bits per heavy atom. The first kappa shape index (κ1) is 16.7. The number of ether oxygens (including phenoxy) is 1. The van der Waals surface area contributed by atoms with Gasteiger partial charge >= 0.3 is 5.97 Å². The van der Waals surface area contributed by atoms with Crippen LogP contribution in [-0.2, 0) is 9.59 Å². The fourth-order valence-corrected chi connectivity index (χ4v) is 1.50. The Hall–Kier alpha value is -2.37. The lowest BCUT2D eigenvalue weighted by atomic mass is 10.2. The normalized spacial score (nSPS) is 10.6. The Morgan fingerprint density at radius 2 is 2.19 bits per heavy atom. The Balaban J connectivity index is 2.53. The van der Waals surface area contributed by atoms with Crippen LogP contribution in [0.5, 0.6) is 5.75 Å². The van der Waals surface area contributed by atoms with Crippen LogP contribution >= 0.6 is 0 Å². The van der Waals surface area contributed by atoms with Crippen LogP contribution < -0.4 is 10.1 Å². The number of hydrogen-bond acceptors (Lipinski definition) is 3. The number of carboxylic acids is 1. The van der Waals surface area contributed by atoms with Crippen molar-refractivity contribution in [3.8, 4) is 5.75 Å². The highest BCUT2D eigenvalue weighted by Crippen LogP contribution is 2.19. The molecule has 0 fully saturated rings. The molecule has 2 N–H and O–H groups in total. The van der Waals surface area contributed by atoms with E-state index in [0.29, 0.717) is 12.1 Å². The highest BCUT2D eigenvalue weighted by molar-refractivity contribution is 5.85. The van der Waals surface area contributed by atoms with Crippen molar-refractivity contribution < 1.29 is 23.8 Å². The first-order valence-electron chi connectivity index (χ1n) is 6.63. The molecule has 0 radical (unpaired) electrons. The monoisotopic (exact) mass is 295 g/mol. The van der Waals surface area contributed by atoms with Crippen molar-refractivity contribution in [1.29, 1.82) is 0 Å². The van der Waals surface area contributed by atoms with Crippen LogP contribution in [0.3, 0.4) is 0 Å². The van der Waals surface area contributed by atoms with Gasteiger partial charge in [-0.25, -0.2) is 9.18 Å². The van der Waals surface area contributed by atoms with Gasteiger partial charge in [-0.1, -0.05) is 19.4 Å². The summed E-state index contributed by atoms with van der Waals surface area (Å²) in [5.41, 5.74) is 0.398. The summed E-state index contributed by atoms with van der Waals surface area (Å²) in [6.07, 6.45) is 4.04. The molecule has 0 aliphatic carbocycles. The van der Waals surface area contributed by atoms with E-state index in [4.69, 9.17) is 9.84 Å². The number of halogens is 1. The molecule has 0 aromatic heterocycles. The third-order valence-electron chi connectivity index (χ3n) is 2.59. The summed E-state index contributed by atoms with van der Waals surface area (Å²) >= 11 is 0. The van der Waals surface area contributed by atoms with Crippen molar-refractivity contribution in [3.05, 3.63) is 35.7 Å². The van der Waals surface area contributed by atoms with Gasteiger partial charge in [0.25, 0.3) is 5.91 Å². The SMILES string of the molecule is CCCCNC(=O)COc1ccc(/C=C/C(=O)O)cc1F. The smallest absolute Gasteiger partial charge is 0.328 e. The molecule has 0 heterocycles. The summed E-state index contributed by atoms with van der Waals surface area (Å²) in [6, 6.07) is 4.01. The van der Waals surface area contributed by atoms with Crippen LogP contribution in [0.25, 0.3) is 6.08 Å². The van der Waals surface area contributed by atoms with E-state index in [-0.39, 0.29) is 18.3 Å². The number of aliphatic carboxylic acids is 1. The van der Waals surface area contributed by atoms with Gasteiger partial charge in [0.2, 0.25) is 0 Å². The van der Waals surface area contributed by atoms with Crippen LogP contribution in [0.1, 0.15) is 25.3 Å². The molecule has 1 aromatic carbocycles. The largest absolute Gasteiger partial charge is 0.481 e. The minimum Gasteiger partial charge on any atom is -0.481 e. The van der Waals surface area contributed by atoms with E-state index in [2.05, 4.69) is 5.32 Å². The fourth-order valence-electron chi connectivity index (χ4n) is 1.50. The van der Waals surface area contributed by atoms with Gasteiger partial charge in [-0.3, -0.25) is 4.79 Å². The van der Waals surface area contributed by atoms with E-state index in [1.165, 1.54) is 18.2 Å². The molecule has 0 atom stereocenters. The van der Waals surface area contributed by atoms with Gasteiger partial charge in [0.05, 0.1) is 0 Å². The molecule has 114 valence electrons. The van der Waals surface area contributed by atoms with E-state index in [1.54, 1.807) is 0 Å². The summed E-state index contributed by atoms with van der Waals surface area (Å²) in [6.45, 7) is 2.32. The van der Waals surface area contributed by atoms with Crippen LogP contribution in [0.2, 0.25) is 0 Å². The first-order chi connectivity index (χ1) is 10.0. The third-order valence-corrected chi connectivity index (χ3v) is 2.59. The molecule has 0 saturated heterocycles. The van der Waals surface area contributed by atoms with Crippen LogP contribution in [0.15, 0.2) is 24.3 Å². The topological polar surface area (TPSA) is 75.6 Å². The zero-order valence-electron chi connectivity index (χ0n) is 11.8. The molecule has 6 heteroatoms. The van der Waals surface area contributed by atoms with Gasteiger partial charge in [0.1, 0.15) is 0 Å². The van der Waals surface area contributed by atoms with Crippen molar-refractivity contribution in [3.63, 3.8) is 0 Å². The van der Waals surface area contributed by atoms with E-state index >= 15 is 0 Å². The quantitative estimate of drug-likeness (QED) is 0.569. The summed E-state index contributed by atoms with van der Waals surface area (Å²) in [4.78, 5) is 21.8. The number of carboxylic acid groups (broad SMARTS) is 1. The number of carbonyl (C=O) groups is 2. The summed E-state index contributed by atoms with van der Waals surface area (Å²) in [5, 5.41) is 11.1. The number of hydrogen-bond donors (Lipinski definition) is 2. The summed E-state index contributed by atoms with van der Waals surface area (Å²) in [5.74, 6) is -2.12. The van der Waals surface area contributed by atoms with Crippen LogP contribution in [0, 0.1) is 5.82 Å². The zero-order valence-corrected chi connectivity index (χ0v) is 11.8.